The third-order valence-corrected chi connectivity index (χ3v) is 6.64. The minimum Gasteiger partial charge on any atom is -0.256 e. The summed E-state index contributed by atoms with van der Waals surface area (Å²) in [7, 11) is -3.68. The van der Waals surface area contributed by atoms with Crippen LogP contribution in [0.4, 0.5) is 0 Å². The number of rotatable bonds is 5. The van der Waals surface area contributed by atoms with E-state index in [2.05, 4.69) is 14.7 Å². The molecule has 2 aromatic heterocycles. The van der Waals surface area contributed by atoms with Gasteiger partial charge in [0.05, 0.1) is 22.7 Å². The molecule has 0 aliphatic rings. The van der Waals surface area contributed by atoms with Crippen LogP contribution in [0.15, 0.2) is 71.1 Å². The van der Waals surface area contributed by atoms with Crippen LogP contribution in [-0.4, -0.2) is 18.4 Å². The molecule has 7 heteroatoms. The van der Waals surface area contributed by atoms with Gasteiger partial charge in [0.2, 0.25) is 10.0 Å². The lowest BCUT2D eigenvalue weighted by molar-refractivity contribution is 0.581. The molecule has 2 aromatic carbocycles. The molecular weight excluding hydrogens is 378 g/mol. The largest absolute Gasteiger partial charge is 0.256 e. The number of nitrogens with one attached hydrogen (secondary N) is 1. The molecular formula is C20H17N3O2S2. The molecule has 136 valence electrons. The van der Waals surface area contributed by atoms with E-state index in [0.717, 1.165) is 16.1 Å². The van der Waals surface area contributed by atoms with Crippen molar-refractivity contribution in [2.45, 2.75) is 18.4 Å². The second kappa shape index (κ2) is 7.19. The maximum absolute atomic E-state index is 12.8. The van der Waals surface area contributed by atoms with E-state index in [9.17, 15) is 8.42 Å². The van der Waals surface area contributed by atoms with Crippen molar-refractivity contribution in [1.29, 1.82) is 0 Å². The highest BCUT2D eigenvalue weighted by Gasteiger charge is 2.19. The van der Waals surface area contributed by atoms with E-state index >= 15 is 0 Å². The molecule has 0 aliphatic carbocycles. The molecule has 27 heavy (non-hydrogen) atoms. The summed E-state index contributed by atoms with van der Waals surface area (Å²) >= 11 is 1.50. The number of hydrogen-bond donors (Lipinski definition) is 1. The number of pyridine rings is 1. The molecule has 1 N–H and O–H groups in total. The minimum atomic E-state index is -3.68. The van der Waals surface area contributed by atoms with Gasteiger partial charge in [-0.25, -0.2) is 18.1 Å². The van der Waals surface area contributed by atoms with Gasteiger partial charge in [0.25, 0.3) is 0 Å². The normalized spacial score (nSPS) is 11.7. The van der Waals surface area contributed by atoms with Crippen LogP contribution >= 0.6 is 11.3 Å². The first kappa shape index (κ1) is 17.8. The van der Waals surface area contributed by atoms with Gasteiger partial charge in [-0.05, 0) is 30.7 Å². The highest BCUT2D eigenvalue weighted by molar-refractivity contribution is 7.89. The Hall–Kier alpha value is -2.61. The summed E-state index contributed by atoms with van der Waals surface area (Å²) in [5.74, 6) is 0. The highest BCUT2D eigenvalue weighted by atomic mass is 32.2. The SMILES string of the molecule is Cc1ccc(S(=O)(=O)NCc2csc(-c3ccccc3)n2)c2cccnc12. The van der Waals surface area contributed by atoms with Crippen LogP contribution in [0.2, 0.25) is 0 Å². The van der Waals surface area contributed by atoms with E-state index in [-0.39, 0.29) is 11.4 Å². The van der Waals surface area contributed by atoms with Crippen molar-refractivity contribution >= 4 is 32.3 Å². The van der Waals surface area contributed by atoms with E-state index in [1.807, 2.05) is 42.6 Å². The quantitative estimate of drug-likeness (QED) is 0.551. The van der Waals surface area contributed by atoms with E-state index < -0.39 is 10.0 Å². The summed E-state index contributed by atoms with van der Waals surface area (Å²) in [6.07, 6.45) is 1.67. The summed E-state index contributed by atoms with van der Waals surface area (Å²) in [5, 5.41) is 3.36. The Kier molecular flexibility index (Phi) is 4.73. The lowest BCUT2D eigenvalue weighted by Gasteiger charge is -2.10. The van der Waals surface area contributed by atoms with Crippen molar-refractivity contribution < 1.29 is 8.42 Å². The van der Waals surface area contributed by atoms with Gasteiger partial charge < -0.3 is 0 Å². The van der Waals surface area contributed by atoms with Gasteiger partial charge in [-0.15, -0.1) is 11.3 Å². The minimum absolute atomic E-state index is 0.140. The molecule has 0 bridgehead atoms. The first-order valence-corrected chi connectivity index (χ1v) is 10.7. The zero-order valence-electron chi connectivity index (χ0n) is 14.6. The third kappa shape index (κ3) is 3.62. The number of aryl methyl sites for hydroxylation is 1. The van der Waals surface area contributed by atoms with Crippen LogP contribution in [0.5, 0.6) is 0 Å². The fraction of sp³-hybridized carbons (Fsp3) is 0.100. The van der Waals surface area contributed by atoms with Crippen molar-refractivity contribution in [3.05, 3.63) is 77.4 Å². The monoisotopic (exact) mass is 395 g/mol. The Balaban J connectivity index is 1.59. The van der Waals surface area contributed by atoms with E-state index in [4.69, 9.17) is 0 Å². The zero-order valence-corrected chi connectivity index (χ0v) is 16.2. The molecule has 0 fully saturated rings. The van der Waals surface area contributed by atoms with E-state index in [1.54, 1.807) is 30.5 Å². The molecule has 0 unspecified atom stereocenters. The second-order valence-corrected chi connectivity index (χ2v) is 8.71. The Morgan fingerprint density at radius 3 is 2.67 bits per heavy atom. The number of nitrogens with zero attached hydrogens (tertiary/aromatic N) is 2. The summed E-state index contributed by atoms with van der Waals surface area (Å²) < 4.78 is 28.3. The number of hydrogen-bond acceptors (Lipinski definition) is 5. The van der Waals surface area contributed by atoms with Crippen LogP contribution in [0.3, 0.4) is 0 Å². The average molecular weight is 396 g/mol. The molecule has 4 rings (SSSR count). The number of sulfonamides is 1. The van der Waals surface area contributed by atoms with Crippen molar-refractivity contribution in [2.75, 3.05) is 0 Å². The Labute approximate surface area is 161 Å². The second-order valence-electron chi connectivity index (χ2n) is 6.11. The summed E-state index contributed by atoms with van der Waals surface area (Å²) in [4.78, 5) is 9.07. The van der Waals surface area contributed by atoms with Crippen molar-refractivity contribution in [2.24, 2.45) is 0 Å². The van der Waals surface area contributed by atoms with Gasteiger partial charge in [-0.3, -0.25) is 4.98 Å². The van der Waals surface area contributed by atoms with E-state index in [1.165, 1.54) is 11.3 Å². The summed E-state index contributed by atoms with van der Waals surface area (Å²) in [5.41, 5.74) is 3.35. The predicted molar refractivity (Wildman–Crippen MR) is 108 cm³/mol. The fourth-order valence-electron chi connectivity index (χ4n) is 2.87. The zero-order chi connectivity index (χ0) is 18.9. The number of aromatic nitrogens is 2. The molecule has 2 heterocycles. The van der Waals surface area contributed by atoms with Crippen LogP contribution in [0.25, 0.3) is 21.5 Å². The molecule has 5 nitrogen and oxygen atoms in total. The maximum atomic E-state index is 12.8. The topological polar surface area (TPSA) is 72.0 Å². The van der Waals surface area contributed by atoms with Gasteiger partial charge in [-0.1, -0.05) is 36.4 Å². The van der Waals surface area contributed by atoms with Gasteiger partial charge in [0, 0.05) is 22.5 Å². The molecule has 0 saturated carbocycles. The van der Waals surface area contributed by atoms with Crippen molar-refractivity contribution in [3.63, 3.8) is 0 Å². The van der Waals surface area contributed by atoms with Gasteiger partial charge in [0.1, 0.15) is 5.01 Å². The molecule has 0 amide bonds. The molecule has 4 aromatic rings. The van der Waals surface area contributed by atoms with Crippen molar-refractivity contribution in [3.8, 4) is 10.6 Å². The van der Waals surface area contributed by atoms with Gasteiger partial charge >= 0.3 is 0 Å². The van der Waals surface area contributed by atoms with Crippen LogP contribution in [0.1, 0.15) is 11.3 Å². The van der Waals surface area contributed by atoms with Crippen LogP contribution < -0.4 is 4.72 Å². The molecule has 0 aliphatic heterocycles. The van der Waals surface area contributed by atoms with Crippen LogP contribution in [0, 0.1) is 6.92 Å². The Morgan fingerprint density at radius 2 is 1.85 bits per heavy atom. The smallest absolute Gasteiger partial charge is 0.241 e. The predicted octanol–water partition coefficient (Wildman–Crippen LogP) is 4.15. The first-order valence-electron chi connectivity index (χ1n) is 8.38. The first-order chi connectivity index (χ1) is 13.0. The molecule has 0 spiro atoms. The highest BCUT2D eigenvalue weighted by Crippen LogP contribution is 2.25. The maximum Gasteiger partial charge on any atom is 0.241 e. The van der Waals surface area contributed by atoms with Gasteiger partial charge in [0.15, 0.2) is 0 Å². The molecule has 0 atom stereocenters. The summed E-state index contributed by atoms with van der Waals surface area (Å²) in [6, 6.07) is 16.8. The van der Waals surface area contributed by atoms with Crippen LogP contribution in [-0.2, 0) is 16.6 Å². The Morgan fingerprint density at radius 1 is 1.04 bits per heavy atom. The lowest BCUT2D eigenvalue weighted by atomic mass is 10.1. The number of thiazole rings is 1. The van der Waals surface area contributed by atoms with Gasteiger partial charge in [-0.2, -0.15) is 0 Å². The number of fused-ring (bicyclic) bond motifs is 1. The van der Waals surface area contributed by atoms with E-state index in [0.29, 0.717) is 16.6 Å². The van der Waals surface area contributed by atoms with Crippen molar-refractivity contribution in [1.82, 2.24) is 14.7 Å². The Bertz CT molecular complexity index is 1200. The average Bonchev–Trinajstić information content (AvgIpc) is 3.17. The molecule has 0 radical (unpaired) electrons. The standard InChI is InChI=1S/C20H17N3O2S2/c1-14-9-10-18(17-8-5-11-21-19(14)17)27(24,25)22-12-16-13-26-20(23-16)15-6-3-2-4-7-15/h2-11,13,22H,12H2,1H3. The fourth-order valence-corrected chi connectivity index (χ4v) is 4.89. The third-order valence-electron chi connectivity index (χ3n) is 4.24. The number of benzene rings is 2. The lowest BCUT2D eigenvalue weighted by Crippen LogP contribution is -2.23. The summed E-state index contributed by atoms with van der Waals surface area (Å²) in [6.45, 7) is 2.06. The molecule has 0 saturated heterocycles.